The van der Waals surface area contributed by atoms with Gasteiger partial charge in [0.05, 0.1) is 10.3 Å². The lowest BCUT2D eigenvalue weighted by atomic mass is 10.00. The number of nitro benzene ring substituents is 1. The van der Waals surface area contributed by atoms with E-state index in [1.165, 1.54) is 24.4 Å². The van der Waals surface area contributed by atoms with Gasteiger partial charge in [-0.1, -0.05) is 6.07 Å². The lowest BCUT2D eigenvalue weighted by Crippen LogP contribution is -2.05. The van der Waals surface area contributed by atoms with Crippen molar-refractivity contribution in [1.82, 2.24) is 4.98 Å². The fourth-order valence-electron chi connectivity index (χ4n) is 2.29. The summed E-state index contributed by atoms with van der Waals surface area (Å²) in [6.45, 7) is 0. The molecule has 1 aromatic heterocycles. The number of phenolic OH excluding ortho intramolecular Hbond substituents is 1. The fraction of sp³-hybridized carbons (Fsp3) is 0. The number of nitrogens with one attached hydrogen (secondary N) is 1. The number of benzene rings is 2. The van der Waals surface area contributed by atoms with Gasteiger partial charge in [-0.15, -0.1) is 0 Å². The number of aromatic amines is 1. The van der Waals surface area contributed by atoms with Crippen LogP contribution in [0, 0.1) is 10.1 Å². The average Bonchev–Trinajstić information content (AvgIpc) is 2.49. The van der Waals surface area contributed by atoms with Gasteiger partial charge in [0.15, 0.2) is 0 Å². The van der Waals surface area contributed by atoms with Gasteiger partial charge in [0.2, 0.25) is 0 Å². The van der Waals surface area contributed by atoms with Gasteiger partial charge in [-0.05, 0) is 29.8 Å². The molecule has 0 bridgehead atoms. The maximum Gasteiger partial charge on any atom is 0.269 e. The van der Waals surface area contributed by atoms with E-state index in [4.69, 9.17) is 0 Å². The van der Waals surface area contributed by atoms with Crippen molar-refractivity contribution in [3.8, 4) is 16.9 Å². The molecule has 0 saturated heterocycles. The van der Waals surface area contributed by atoms with E-state index in [9.17, 15) is 20.0 Å². The molecule has 6 nitrogen and oxygen atoms in total. The number of rotatable bonds is 2. The standard InChI is InChI=1S/C15H10N2O4/c18-13-3-1-2-11-14(13)12(8-16-15(11)19)9-4-6-10(7-5-9)17(20)21/h1-8,18H,(H,16,19). The van der Waals surface area contributed by atoms with Crippen LogP contribution in [0.4, 0.5) is 5.69 Å². The zero-order chi connectivity index (χ0) is 15.0. The van der Waals surface area contributed by atoms with Gasteiger partial charge in [-0.2, -0.15) is 0 Å². The van der Waals surface area contributed by atoms with Crippen LogP contribution in [0.2, 0.25) is 0 Å². The van der Waals surface area contributed by atoms with Crippen LogP contribution in [0.25, 0.3) is 21.9 Å². The highest BCUT2D eigenvalue weighted by Gasteiger charge is 2.12. The highest BCUT2D eigenvalue weighted by molar-refractivity contribution is 5.99. The van der Waals surface area contributed by atoms with Crippen molar-refractivity contribution < 1.29 is 10.0 Å². The van der Waals surface area contributed by atoms with E-state index < -0.39 is 4.92 Å². The molecular formula is C15H10N2O4. The molecule has 3 rings (SSSR count). The highest BCUT2D eigenvalue weighted by Crippen LogP contribution is 2.33. The summed E-state index contributed by atoms with van der Waals surface area (Å²) in [6.07, 6.45) is 1.49. The summed E-state index contributed by atoms with van der Waals surface area (Å²) in [4.78, 5) is 24.6. The van der Waals surface area contributed by atoms with Gasteiger partial charge in [0.25, 0.3) is 11.2 Å². The summed E-state index contributed by atoms with van der Waals surface area (Å²) in [5, 5.41) is 21.5. The number of aromatic nitrogens is 1. The van der Waals surface area contributed by atoms with Crippen LogP contribution in [0.5, 0.6) is 5.75 Å². The van der Waals surface area contributed by atoms with E-state index in [2.05, 4.69) is 4.98 Å². The molecule has 0 fully saturated rings. The summed E-state index contributed by atoms with van der Waals surface area (Å²) in [5.41, 5.74) is 0.962. The van der Waals surface area contributed by atoms with Crippen LogP contribution in [-0.4, -0.2) is 15.0 Å². The topological polar surface area (TPSA) is 96.2 Å². The first-order valence-corrected chi connectivity index (χ1v) is 6.16. The maximum atomic E-state index is 11.8. The minimum atomic E-state index is -0.480. The van der Waals surface area contributed by atoms with Crippen LogP contribution >= 0.6 is 0 Å². The van der Waals surface area contributed by atoms with Crippen LogP contribution in [0.1, 0.15) is 0 Å². The zero-order valence-electron chi connectivity index (χ0n) is 10.7. The Morgan fingerprint density at radius 3 is 2.48 bits per heavy atom. The number of fused-ring (bicyclic) bond motifs is 1. The number of aromatic hydroxyl groups is 1. The Hall–Kier alpha value is -3.15. The number of phenols is 1. The van der Waals surface area contributed by atoms with Crippen LogP contribution in [0.3, 0.4) is 0 Å². The first-order valence-electron chi connectivity index (χ1n) is 6.16. The summed E-state index contributed by atoms with van der Waals surface area (Å²) >= 11 is 0. The van der Waals surface area contributed by atoms with Crippen LogP contribution < -0.4 is 5.56 Å². The number of non-ortho nitro benzene ring substituents is 1. The molecule has 21 heavy (non-hydrogen) atoms. The summed E-state index contributed by atoms with van der Waals surface area (Å²) in [6, 6.07) is 10.6. The Bertz CT molecular complexity index is 898. The van der Waals surface area contributed by atoms with Crippen molar-refractivity contribution in [1.29, 1.82) is 0 Å². The number of H-pyrrole nitrogens is 1. The largest absolute Gasteiger partial charge is 0.507 e. The molecule has 104 valence electrons. The number of pyridine rings is 1. The third kappa shape index (κ3) is 2.12. The zero-order valence-corrected chi connectivity index (χ0v) is 10.7. The molecular weight excluding hydrogens is 272 g/mol. The van der Waals surface area contributed by atoms with Gasteiger partial charge >= 0.3 is 0 Å². The minimum Gasteiger partial charge on any atom is -0.507 e. The fourth-order valence-corrected chi connectivity index (χ4v) is 2.29. The van der Waals surface area contributed by atoms with Crippen LogP contribution in [-0.2, 0) is 0 Å². The maximum absolute atomic E-state index is 11.8. The minimum absolute atomic E-state index is 0.00745. The Balaban J connectivity index is 2.28. The predicted octanol–water partition coefficient (Wildman–Crippen LogP) is 2.81. The number of hydrogen-bond acceptors (Lipinski definition) is 4. The van der Waals surface area contributed by atoms with Gasteiger partial charge in [-0.3, -0.25) is 14.9 Å². The van der Waals surface area contributed by atoms with E-state index in [1.807, 2.05) is 0 Å². The molecule has 3 aromatic rings. The summed E-state index contributed by atoms with van der Waals surface area (Å²) in [7, 11) is 0. The van der Waals surface area contributed by atoms with Gasteiger partial charge in [0, 0.05) is 29.3 Å². The van der Waals surface area contributed by atoms with Crippen molar-refractivity contribution in [2.75, 3.05) is 0 Å². The Morgan fingerprint density at radius 2 is 1.81 bits per heavy atom. The molecule has 6 heteroatoms. The molecule has 0 amide bonds. The van der Waals surface area contributed by atoms with Crippen molar-refractivity contribution >= 4 is 16.5 Å². The quantitative estimate of drug-likeness (QED) is 0.558. The number of nitro groups is 1. The Kier molecular flexibility index (Phi) is 2.91. The summed E-state index contributed by atoms with van der Waals surface area (Å²) < 4.78 is 0. The van der Waals surface area contributed by atoms with Crippen molar-refractivity contribution in [3.63, 3.8) is 0 Å². The smallest absolute Gasteiger partial charge is 0.269 e. The predicted molar refractivity (Wildman–Crippen MR) is 78.3 cm³/mol. The second-order valence-corrected chi connectivity index (χ2v) is 4.54. The Labute approximate surface area is 118 Å². The molecule has 0 aliphatic heterocycles. The van der Waals surface area contributed by atoms with Crippen molar-refractivity contribution in [2.24, 2.45) is 0 Å². The van der Waals surface area contributed by atoms with Crippen LogP contribution in [0.15, 0.2) is 53.5 Å². The highest BCUT2D eigenvalue weighted by atomic mass is 16.6. The summed E-state index contributed by atoms with van der Waals surface area (Å²) in [5.74, 6) is -0.00745. The van der Waals surface area contributed by atoms with Gasteiger partial charge in [-0.25, -0.2) is 0 Å². The molecule has 0 aliphatic carbocycles. The molecule has 0 radical (unpaired) electrons. The molecule has 0 saturated carbocycles. The molecule has 0 spiro atoms. The second kappa shape index (κ2) is 4.75. The average molecular weight is 282 g/mol. The van der Waals surface area contributed by atoms with E-state index in [0.29, 0.717) is 21.9 Å². The van der Waals surface area contributed by atoms with E-state index in [0.717, 1.165) is 0 Å². The van der Waals surface area contributed by atoms with E-state index in [-0.39, 0.29) is 17.0 Å². The molecule has 2 aromatic carbocycles. The molecule has 2 N–H and O–H groups in total. The van der Waals surface area contributed by atoms with Gasteiger partial charge < -0.3 is 10.1 Å². The normalized spacial score (nSPS) is 10.7. The number of hydrogen-bond donors (Lipinski definition) is 2. The van der Waals surface area contributed by atoms with Gasteiger partial charge in [0.1, 0.15) is 5.75 Å². The first-order chi connectivity index (χ1) is 10.1. The van der Waals surface area contributed by atoms with E-state index >= 15 is 0 Å². The monoisotopic (exact) mass is 282 g/mol. The SMILES string of the molecule is O=c1[nH]cc(-c2ccc([N+](=O)[O-])cc2)c2c(O)cccc12. The lowest BCUT2D eigenvalue weighted by Gasteiger charge is -2.07. The first kappa shape index (κ1) is 12.9. The third-order valence-electron chi connectivity index (χ3n) is 3.29. The molecule has 0 atom stereocenters. The van der Waals surface area contributed by atoms with Crippen molar-refractivity contribution in [3.05, 3.63) is 69.1 Å². The third-order valence-corrected chi connectivity index (χ3v) is 3.29. The molecule has 0 unspecified atom stereocenters. The molecule has 1 heterocycles. The number of nitrogens with zero attached hydrogens (tertiary/aromatic N) is 1. The van der Waals surface area contributed by atoms with E-state index in [1.54, 1.807) is 24.3 Å². The lowest BCUT2D eigenvalue weighted by molar-refractivity contribution is -0.384. The second-order valence-electron chi connectivity index (χ2n) is 4.54. The molecule has 0 aliphatic rings. The Morgan fingerprint density at radius 1 is 1.10 bits per heavy atom. The van der Waals surface area contributed by atoms with Crippen molar-refractivity contribution in [2.45, 2.75) is 0 Å².